The van der Waals surface area contributed by atoms with E-state index < -0.39 is 0 Å². The van der Waals surface area contributed by atoms with E-state index in [2.05, 4.69) is 25.3 Å². The predicted octanol–water partition coefficient (Wildman–Crippen LogP) is 2.71. The number of amides is 1. The average molecular weight is 423 g/mol. The zero-order valence-corrected chi connectivity index (χ0v) is 17.2. The zero-order valence-electron chi connectivity index (χ0n) is 17.2. The minimum absolute atomic E-state index is 0.0946. The van der Waals surface area contributed by atoms with Crippen molar-refractivity contribution in [3.63, 3.8) is 0 Å². The lowest BCUT2D eigenvalue weighted by Crippen LogP contribution is -2.41. The van der Waals surface area contributed by atoms with Crippen LogP contribution in [0.3, 0.4) is 0 Å². The molecule has 0 bridgehead atoms. The SMILES string of the molecule is CC(=O)c1cc2c(cc1NC(=O)[C@@H]1CCCN(c3ncnc4onc(C)c34)C1)OCO2. The van der Waals surface area contributed by atoms with E-state index in [4.69, 9.17) is 14.0 Å². The molecule has 10 nitrogen and oxygen atoms in total. The van der Waals surface area contributed by atoms with E-state index in [-0.39, 0.29) is 24.4 Å². The number of aryl methyl sites for hydroxylation is 1. The first-order valence-corrected chi connectivity index (χ1v) is 10.1. The Labute approximate surface area is 177 Å². The maximum Gasteiger partial charge on any atom is 0.263 e. The minimum atomic E-state index is -0.274. The van der Waals surface area contributed by atoms with Crippen molar-refractivity contribution in [2.45, 2.75) is 26.7 Å². The fourth-order valence-corrected chi connectivity index (χ4v) is 4.10. The van der Waals surface area contributed by atoms with E-state index in [1.54, 1.807) is 12.1 Å². The lowest BCUT2D eigenvalue weighted by molar-refractivity contribution is -0.120. The van der Waals surface area contributed by atoms with Crippen molar-refractivity contribution in [2.75, 3.05) is 30.1 Å². The molecule has 10 heteroatoms. The standard InChI is InChI=1S/C21H21N5O5/c1-11-18-19(22-9-23-21(18)31-25-11)26-5-3-4-13(8-26)20(28)24-15-7-17-16(29-10-30-17)6-14(15)12(2)27/h6-7,9,13H,3-5,8,10H2,1-2H3,(H,24,28)/t13-/m1/s1. The second-order valence-corrected chi connectivity index (χ2v) is 7.73. The summed E-state index contributed by atoms with van der Waals surface area (Å²) < 4.78 is 16.0. The molecule has 0 aliphatic carbocycles. The van der Waals surface area contributed by atoms with E-state index >= 15 is 0 Å². The van der Waals surface area contributed by atoms with Gasteiger partial charge in [-0.3, -0.25) is 9.59 Å². The molecule has 4 heterocycles. The average Bonchev–Trinajstić information content (AvgIpc) is 3.39. The van der Waals surface area contributed by atoms with Crippen molar-refractivity contribution in [3.05, 3.63) is 29.7 Å². The van der Waals surface area contributed by atoms with Gasteiger partial charge in [0.05, 0.1) is 17.3 Å². The van der Waals surface area contributed by atoms with Crippen molar-refractivity contribution in [1.29, 1.82) is 0 Å². The van der Waals surface area contributed by atoms with Gasteiger partial charge < -0.3 is 24.2 Å². The number of carbonyl (C=O) groups is 2. The van der Waals surface area contributed by atoms with Gasteiger partial charge in [0.1, 0.15) is 17.5 Å². The molecule has 1 N–H and O–H groups in total. The van der Waals surface area contributed by atoms with Crippen molar-refractivity contribution in [1.82, 2.24) is 15.1 Å². The summed E-state index contributed by atoms with van der Waals surface area (Å²) in [4.78, 5) is 35.8. The Morgan fingerprint density at radius 1 is 1.19 bits per heavy atom. The normalized spacial score (nSPS) is 17.7. The number of fused-ring (bicyclic) bond motifs is 2. The highest BCUT2D eigenvalue weighted by Gasteiger charge is 2.30. The molecule has 1 fully saturated rings. The van der Waals surface area contributed by atoms with Gasteiger partial charge in [0.15, 0.2) is 17.3 Å². The molecule has 160 valence electrons. The highest BCUT2D eigenvalue weighted by Crippen LogP contribution is 2.38. The van der Waals surface area contributed by atoms with Crippen LogP contribution in [0.5, 0.6) is 11.5 Å². The molecule has 31 heavy (non-hydrogen) atoms. The third-order valence-corrected chi connectivity index (χ3v) is 5.66. The van der Waals surface area contributed by atoms with Gasteiger partial charge in [0.2, 0.25) is 12.7 Å². The Bertz CT molecular complexity index is 1190. The third-order valence-electron chi connectivity index (χ3n) is 5.66. The van der Waals surface area contributed by atoms with Crippen LogP contribution in [0.1, 0.15) is 35.8 Å². The highest BCUT2D eigenvalue weighted by molar-refractivity contribution is 6.05. The summed E-state index contributed by atoms with van der Waals surface area (Å²) in [5.41, 5.74) is 1.96. The van der Waals surface area contributed by atoms with Crippen LogP contribution in [0, 0.1) is 12.8 Å². The Morgan fingerprint density at radius 3 is 2.81 bits per heavy atom. The number of benzene rings is 1. The van der Waals surface area contributed by atoms with Crippen LogP contribution in [0.25, 0.3) is 11.1 Å². The van der Waals surface area contributed by atoms with E-state index in [1.807, 2.05) is 6.92 Å². The van der Waals surface area contributed by atoms with Crippen molar-refractivity contribution in [2.24, 2.45) is 5.92 Å². The van der Waals surface area contributed by atoms with Crippen molar-refractivity contribution in [3.8, 4) is 11.5 Å². The van der Waals surface area contributed by atoms with Crippen molar-refractivity contribution < 1.29 is 23.6 Å². The number of ketones is 1. The van der Waals surface area contributed by atoms with Gasteiger partial charge in [-0.1, -0.05) is 5.16 Å². The molecule has 1 amide bonds. The van der Waals surface area contributed by atoms with Crippen LogP contribution in [0.2, 0.25) is 0 Å². The molecular formula is C21H21N5O5. The number of nitrogens with zero attached hydrogens (tertiary/aromatic N) is 4. The number of carbonyl (C=O) groups excluding carboxylic acids is 2. The molecule has 0 unspecified atom stereocenters. The van der Waals surface area contributed by atoms with Crippen LogP contribution < -0.4 is 19.7 Å². The Kier molecular flexibility index (Phi) is 4.68. The first kappa shape index (κ1) is 19.3. The number of Topliss-reactive ketones (excluding diaryl/α,β-unsaturated/α-hetero) is 1. The van der Waals surface area contributed by atoms with E-state index in [9.17, 15) is 9.59 Å². The molecular weight excluding hydrogens is 402 g/mol. The summed E-state index contributed by atoms with van der Waals surface area (Å²) in [7, 11) is 0. The molecule has 3 aromatic rings. The van der Waals surface area contributed by atoms with Crippen LogP contribution >= 0.6 is 0 Å². The molecule has 0 radical (unpaired) electrons. The van der Waals surface area contributed by atoms with Gasteiger partial charge >= 0.3 is 0 Å². The highest BCUT2D eigenvalue weighted by atomic mass is 16.7. The fourth-order valence-electron chi connectivity index (χ4n) is 4.10. The van der Waals surface area contributed by atoms with Gasteiger partial charge in [-0.15, -0.1) is 0 Å². The van der Waals surface area contributed by atoms with Crippen molar-refractivity contribution >= 4 is 34.3 Å². The Hall–Kier alpha value is -3.69. The van der Waals surface area contributed by atoms with Gasteiger partial charge in [-0.05, 0) is 32.8 Å². The van der Waals surface area contributed by atoms with E-state index in [0.29, 0.717) is 46.5 Å². The molecule has 1 saturated heterocycles. The van der Waals surface area contributed by atoms with Gasteiger partial charge in [0, 0.05) is 24.7 Å². The van der Waals surface area contributed by atoms with Gasteiger partial charge in [-0.2, -0.15) is 4.98 Å². The number of ether oxygens (including phenoxy) is 2. The summed E-state index contributed by atoms with van der Waals surface area (Å²) in [5.74, 6) is 1.14. The number of rotatable bonds is 4. The van der Waals surface area contributed by atoms with Gasteiger partial charge in [0.25, 0.3) is 5.71 Å². The molecule has 0 saturated carbocycles. The fraction of sp³-hybridized carbons (Fsp3) is 0.381. The summed E-state index contributed by atoms with van der Waals surface area (Å²) in [6.07, 6.45) is 3.01. The quantitative estimate of drug-likeness (QED) is 0.632. The molecule has 2 aliphatic heterocycles. The first-order valence-electron chi connectivity index (χ1n) is 10.1. The van der Waals surface area contributed by atoms with Crippen LogP contribution in [0.15, 0.2) is 23.0 Å². The third kappa shape index (κ3) is 3.43. The minimum Gasteiger partial charge on any atom is -0.454 e. The largest absolute Gasteiger partial charge is 0.454 e. The second kappa shape index (κ2) is 7.53. The molecule has 1 atom stereocenters. The van der Waals surface area contributed by atoms with Gasteiger partial charge in [-0.25, -0.2) is 4.98 Å². The summed E-state index contributed by atoms with van der Waals surface area (Å²) in [6.45, 7) is 4.65. The molecule has 0 spiro atoms. The number of hydrogen-bond acceptors (Lipinski definition) is 9. The van der Waals surface area contributed by atoms with Crippen LogP contribution in [0.4, 0.5) is 11.5 Å². The van der Waals surface area contributed by atoms with Crippen LogP contribution in [-0.4, -0.2) is 46.7 Å². The summed E-state index contributed by atoms with van der Waals surface area (Å²) in [5, 5.41) is 7.66. The monoisotopic (exact) mass is 423 g/mol. The van der Waals surface area contributed by atoms with E-state index in [1.165, 1.54) is 13.3 Å². The van der Waals surface area contributed by atoms with E-state index in [0.717, 1.165) is 24.8 Å². The molecule has 5 rings (SSSR count). The lowest BCUT2D eigenvalue weighted by Gasteiger charge is -2.33. The molecule has 2 aromatic heterocycles. The first-order chi connectivity index (χ1) is 15.0. The maximum absolute atomic E-state index is 13.1. The second-order valence-electron chi connectivity index (χ2n) is 7.73. The topological polar surface area (TPSA) is 120 Å². The number of aromatic nitrogens is 3. The molecule has 1 aromatic carbocycles. The Morgan fingerprint density at radius 2 is 2.00 bits per heavy atom. The number of anilines is 2. The predicted molar refractivity (Wildman–Crippen MR) is 110 cm³/mol. The smallest absolute Gasteiger partial charge is 0.263 e. The Balaban J connectivity index is 1.38. The number of piperidine rings is 1. The molecule has 2 aliphatic rings. The van der Waals surface area contributed by atoms with Crippen LogP contribution in [-0.2, 0) is 4.79 Å². The number of hydrogen-bond donors (Lipinski definition) is 1. The number of nitrogens with one attached hydrogen (secondary N) is 1. The zero-order chi connectivity index (χ0) is 21.5. The maximum atomic E-state index is 13.1. The summed E-state index contributed by atoms with van der Waals surface area (Å²) in [6, 6.07) is 3.26. The summed E-state index contributed by atoms with van der Waals surface area (Å²) >= 11 is 0. The lowest BCUT2D eigenvalue weighted by atomic mass is 9.96.